The van der Waals surface area contributed by atoms with E-state index in [1.54, 1.807) is 0 Å². The van der Waals surface area contributed by atoms with E-state index in [4.69, 9.17) is 19.4 Å². The van der Waals surface area contributed by atoms with Crippen LogP contribution in [-0.2, 0) is 6.42 Å². The van der Waals surface area contributed by atoms with Gasteiger partial charge in [0, 0.05) is 39.6 Å². The lowest BCUT2D eigenvalue weighted by Gasteiger charge is -2.14. The second kappa shape index (κ2) is 11.3. The number of fused-ring (bicyclic) bond motifs is 4. The predicted octanol–water partition coefficient (Wildman–Crippen LogP) is 10.8. The molecular formula is C43H29N3O. The van der Waals surface area contributed by atoms with Crippen LogP contribution in [0.4, 0.5) is 0 Å². The van der Waals surface area contributed by atoms with Crippen molar-refractivity contribution in [2.45, 2.75) is 12.8 Å². The van der Waals surface area contributed by atoms with Crippen LogP contribution in [-0.4, -0.2) is 15.0 Å². The molecule has 1 aliphatic carbocycles. The van der Waals surface area contributed by atoms with Gasteiger partial charge < -0.3 is 4.42 Å². The largest absolute Gasteiger partial charge is 0.460 e. The first-order valence-electron chi connectivity index (χ1n) is 16.0. The van der Waals surface area contributed by atoms with Crippen LogP contribution in [0.1, 0.15) is 23.6 Å². The Balaban J connectivity index is 1.18. The third-order valence-corrected chi connectivity index (χ3v) is 9.00. The van der Waals surface area contributed by atoms with Crippen LogP contribution in [0.15, 0.2) is 156 Å². The molecule has 6 aromatic carbocycles. The average molecular weight is 604 g/mol. The average Bonchev–Trinajstić information content (AvgIpc) is 3.54. The van der Waals surface area contributed by atoms with Gasteiger partial charge in [-0.15, -0.1) is 0 Å². The summed E-state index contributed by atoms with van der Waals surface area (Å²) < 4.78 is 6.71. The number of allylic oxidation sites excluding steroid dienone is 1. The molecule has 0 N–H and O–H groups in total. The maximum absolute atomic E-state index is 6.71. The Kier molecular flexibility index (Phi) is 6.57. The molecule has 4 heteroatoms. The number of benzene rings is 6. The molecule has 2 heterocycles. The first-order chi connectivity index (χ1) is 23.3. The highest BCUT2D eigenvalue weighted by molar-refractivity contribution is 6.03. The van der Waals surface area contributed by atoms with Gasteiger partial charge in [0.05, 0.1) is 0 Å². The van der Waals surface area contributed by atoms with Crippen molar-refractivity contribution in [1.82, 2.24) is 15.0 Å². The Morgan fingerprint density at radius 2 is 1.06 bits per heavy atom. The lowest BCUT2D eigenvalue weighted by Crippen LogP contribution is -2.06. The summed E-state index contributed by atoms with van der Waals surface area (Å²) in [5, 5.41) is 3.51. The van der Waals surface area contributed by atoms with Crippen LogP contribution in [0.5, 0.6) is 0 Å². The molecule has 0 radical (unpaired) electrons. The number of nitrogens with zero attached hydrogens (tertiary/aromatic N) is 3. The third kappa shape index (κ3) is 4.91. The topological polar surface area (TPSA) is 51.8 Å². The normalized spacial score (nSPS) is 12.6. The van der Waals surface area contributed by atoms with E-state index < -0.39 is 0 Å². The fraction of sp³-hybridized carbons (Fsp3) is 0.0465. The summed E-state index contributed by atoms with van der Waals surface area (Å²) in [5.41, 5.74) is 9.40. The summed E-state index contributed by atoms with van der Waals surface area (Å²) in [4.78, 5) is 15.2. The van der Waals surface area contributed by atoms with Gasteiger partial charge in [-0.3, -0.25) is 0 Å². The zero-order chi connectivity index (χ0) is 31.2. The first-order valence-corrected chi connectivity index (χ1v) is 16.0. The van der Waals surface area contributed by atoms with Crippen LogP contribution in [0.2, 0.25) is 0 Å². The molecule has 9 rings (SSSR count). The van der Waals surface area contributed by atoms with Crippen LogP contribution < -0.4 is 0 Å². The van der Waals surface area contributed by atoms with Gasteiger partial charge >= 0.3 is 0 Å². The Morgan fingerprint density at radius 3 is 1.83 bits per heavy atom. The van der Waals surface area contributed by atoms with E-state index in [9.17, 15) is 0 Å². The third-order valence-electron chi connectivity index (χ3n) is 9.00. The number of aromatic nitrogens is 3. The van der Waals surface area contributed by atoms with Gasteiger partial charge in [-0.2, -0.15) is 0 Å². The molecule has 47 heavy (non-hydrogen) atoms. The number of rotatable bonds is 5. The molecule has 0 amide bonds. The zero-order valence-electron chi connectivity index (χ0n) is 25.6. The van der Waals surface area contributed by atoms with E-state index in [0.29, 0.717) is 17.5 Å². The zero-order valence-corrected chi connectivity index (χ0v) is 25.6. The molecule has 0 spiro atoms. The SMILES string of the molecule is C1=C(c2nc(-c3ccccc3)nc(-c3ccc(-c4ccccc4)cc3)n2)c2c(oc3c(-c4ccc5ccccc5c4)cccc23)CC1. The van der Waals surface area contributed by atoms with Crippen molar-refractivity contribution >= 4 is 27.3 Å². The van der Waals surface area contributed by atoms with Crippen molar-refractivity contribution < 1.29 is 4.42 Å². The van der Waals surface area contributed by atoms with E-state index >= 15 is 0 Å². The highest BCUT2D eigenvalue weighted by atomic mass is 16.3. The minimum atomic E-state index is 0.645. The minimum absolute atomic E-state index is 0.645. The molecule has 0 unspecified atom stereocenters. The van der Waals surface area contributed by atoms with Crippen molar-refractivity contribution in [2.75, 3.05) is 0 Å². The van der Waals surface area contributed by atoms with Crippen molar-refractivity contribution in [3.8, 4) is 45.0 Å². The fourth-order valence-corrected chi connectivity index (χ4v) is 6.66. The summed E-state index contributed by atoms with van der Waals surface area (Å²) >= 11 is 0. The van der Waals surface area contributed by atoms with E-state index in [-0.39, 0.29) is 0 Å². The second-order valence-electron chi connectivity index (χ2n) is 11.9. The molecule has 0 atom stereocenters. The lowest BCUT2D eigenvalue weighted by atomic mass is 9.92. The van der Waals surface area contributed by atoms with Crippen LogP contribution in [0, 0.1) is 0 Å². The number of hydrogen-bond donors (Lipinski definition) is 0. The van der Waals surface area contributed by atoms with Gasteiger partial charge in [-0.25, -0.2) is 15.0 Å². The van der Waals surface area contributed by atoms with Gasteiger partial charge in [0.1, 0.15) is 11.3 Å². The summed E-state index contributed by atoms with van der Waals surface area (Å²) in [6.45, 7) is 0. The number of furan rings is 1. The monoisotopic (exact) mass is 603 g/mol. The Bertz CT molecular complexity index is 2440. The fourth-order valence-electron chi connectivity index (χ4n) is 6.66. The highest BCUT2D eigenvalue weighted by Crippen LogP contribution is 2.42. The van der Waals surface area contributed by atoms with Crippen molar-refractivity contribution in [3.05, 3.63) is 169 Å². The highest BCUT2D eigenvalue weighted by Gasteiger charge is 2.26. The van der Waals surface area contributed by atoms with Gasteiger partial charge in [-0.05, 0) is 39.9 Å². The molecule has 1 aliphatic rings. The summed E-state index contributed by atoms with van der Waals surface area (Å²) in [6.07, 6.45) is 3.93. The molecule has 8 aromatic rings. The maximum atomic E-state index is 6.71. The van der Waals surface area contributed by atoms with Gasteiger partial charge in [0.25, 0.3) is 0 Å². The Labute approximate surface area is 272 Å². The van der Waals surface area contributed by atoms with Crippen molar-refractivity contribution in [3.63, 3.8) is 0 Å². The van der Waals surface area contributed by atoms with Crippen LogP contribution in [0.3, 0.4) is 0 Å². The molecule has 222 valence electrons. The van der Waals surface area contributed by atoms with E-state index in [1.165, 1.54) is 16.3 Å². The van der Waals surface area contributed by atoms with Gasteiger partial charge in [-0.1, -0.05) is 146 Å². The Morgan fingerprint density at radius 1 is 0.468 bits per heavy atom. The molecule has 0 aliphatic heterocycles. The van der Waals surface area contributed by atoms with Gasteiger partial charge in [0.15, 0.2) is 17.5 Å². The van der Waals surface area contributed by atoms with Gasteiger partial charge in [0.2, 0.25) is 0 Å². The number of hydrogen-bond acceptors (Lipinski definition) is 4. The minimum Gasteiger partial charge on any atom is -0.460 e. The van der Waals surface area contributed by atoms with E-state index in [0.717, 1.165) is 68.5 Å². The quantitative estimate of drug-likeness (QED) is 0.196. The summed E-state index contributed by atoms with van der Waals surface area (Å²) in [5.74, 6) is 2.92. The molecular weight excluding hydrogens is 574 g/mol. The maximum Gasteiger partial charge on any atom is 0.164 e. The molecule has 0 saturated heterocycles. The lowest BCUT2D eigenvalue weighted by molar-refractivity contribution is 0.546. The van der Waals surface area contributed by atoms with Crippen LogP contribution in [0.25, 0.3) is 72.3 Å². The molecule has 2 aromatic heterocycles. The second-order valence-corrected chi connectivity index (χ2v) is 11.9. The smallest absolute Gasteiger partial charge is 0.164 e. The van der Waals surface area contributed by atoms with E-state index in [2.05, 4.69) is 115 Å². The molecule has 0 saturated carbocycles. The van der Waals surface area contributed by atoms with Crippen molar-refractivity contribution in [1.29, 1.82) is 0 Å². The van der Waals surface area contributed by atoms with Crippen molar-refractivity contribution in [2.24, 2.45) is 0 Å². The number of aryl methyl sites for hydroxylation is 1. The summed E-state index contributed by atoms with van der Waals surface area (Å²) in [7, 11) is 0. The Hall–Kier alpha value is -6.13. The number of para-hydroxylation sites is 1. The first kappa shape index (κ1) is 27.2. The molecule has 4 nitrogen and oxygen atoms in total. The summed E-state index contributed by atoms with van der Waals surface area (Å²) in [6, 6.07) is 50.5. The predicted molar refractivity (Wildman–Crippen MR) is 191 cm³/mol. The van der Waals surface area contributed by atoms with E-state index in [1.807, 2.05) is 36.4 Å². The molecule has 0 fully saturated rings. The van der Waals surface area contributed by atoms with Crippen LogP contribution >= 0.6 is 0 Å². The standard InChI is InChI=1S/C43H29N3O/c1-3-11-28(12-4-1)30-21-24-32(25-22-30)42-44-41(31-14-5-2-6-15-31)45-43(46-42)37-19-10-20-38-39(37)36-18-9-17-35(40(36)47-38)34-26-23-29-13-7-8-16-33(29)27-34/h1-9,11-19,21-27H,10,20H2. The molecule has 0 bridgehead atoms.